The summed E-state index contributed by atoms with van der Waals surface area (Å²) in [5.41, 5.74) is 9.98. The lowest BCUT2D eigenvalue weighted by atomic mass is 10.1. The molecule has 0 radical (unpaired) electrons. The summed E-state index contributed by atoms with van der Waals surface area (Å²) in [5, 5.41) is 7.28. The second-order valence-electron chi connectivity index (χ2n) is 8.28. The van der Waals surface area contributed by atoms with Crippen molar-refractivity contribution in [2.45, 2.75) is 51.7 Å². The number of nitrogen functional groups attached to an aromatic ring is 2. The van der Waals surface area contributed by atoms with Gasteiger partial charge in [-0.2, -0.15) is 4.98 Å². The molecule has 0 unspecified atom stereocenters. The van der Waals surface area contributed by atoms with Crippen molar-refractivity contribution in [3.63, 3.8) is 0 Å². The molecule has 2 heterocycles. The van der Waals surface area contributed by atoms with Crippen LogP contribution in [0.25, 0.3) is 0 Å². The monoisotopic (exact) mass is 546 g/mol. The van der Waals surface area contributed by atoms with Crippen molar-refractivity contribution in [1.29, 1.82) is 0 Å². The number of esters is 2. The number of urea groups is 1. The molecule has 3 rings (SSSR count). The highest BCUT2D eigenvalue weighted by Crippen LogP contribution is 2.31. The summed E-state index contributed by atoms with van der Waals surface area (Å²) >= 11 is 0. The summed E-state index contributed by atoms with van der Waals surface area (Å²) in [5.74, 6) is -2.53. The summed E-state index contributed by atoms with van der Waals surface area (Å²) < 4.78 is 15.6. The number of hydrogen-bond acceptors (Lipinski definition) is 12. The van der Waals surface area contributed by atoms with Crippen molar-refractivity contribution in [3.8, 4) is 5.88 Å². The van der Waals surface area contributed by atoms with Gasteiger partial charge in [-0.05, 0) is 45.2 Å². The van der Waals surface area contributed by atoms with Crippen molar-refractivity contribution in [1.82, 2.24) is 20.3 Å². The number of carbonyl (C=O) groups excluding carboxylic acids is 4. The van der Waals surface area contributed by atoms with Gasteiger partial charge in [-0.25, -0.2) is 14.6 Å². The molecule has 1 aliphatic rings. The van der Waals surface area contributed by atoms with E-state index in [4.69, 9.17) is 25.7 Å². The minimum atomic E-state index is -1.13. The first-order valence-corrected chi connectivity index (χ1v) is 12.1. The largest absolute Gasteiger partial charge is 0.473 e. The van der Waals surface area contributed by atoms with Crippen LogP contribution in [-0.4, -0.2) is 64.2 Å². The van der Waals surface area contributed by atoms with E-state index in [-0.39, 0.29) is 66.9 Å². The highest BCUT2D eigenvalue weighted by atomic mass is 16.5. The molecule has 1 aliphatic carbocycles. The zero-order chi connectivity index (χ0) is 28.5. The molecule has 0 saturated heterocycles. The van der Waals surface area contributed by atoms with Crippen molar-refractivity contribution in [3.05, 3.63) is 28.2 Å². The van der Waals surface area contributed by atoms with Crippen LogP contribution in [0.2, 0.25) is 0 Å². The standard InChI is InChI=1S/C23H30N8O8/c1-3-37-15(32)10-9-14(21(35)38-4-2)26-18(33)12-7-8-13(20(27-12)39-11-5-6-11)28-23(36)29-16-17(24)30-22(25)31-19(16)34/h7-8,11,14H,3-6,9-10H2,1-2H3,(H,26,33)(H2,28,29,36)(H5,24,25,30,31,34)/t14-/m0/s1. The zero-order valence-corrected chi connectivity index (χ0v) is 21.4. The lowest BCUT2D eigenvalue weighted by Gasteiger charge is -2.17. The third-order valence-electron chi connectivity index (χ3n) is 5.17. The fraction of sp³-hybridized carbons (Fsp3) is 0.435. The smallest absolute Gasteiger partial charge is 0.328 e. The first-order chi connectivity index (χ1) is 18.6. The van der Waals surface area contributed by atoms with E-state index < -0.39 is 35.5 Å². The normalized spacial score (nSPS) is 13.1. The van der Waals surface area contributed by atoms with Gasteiger partial charge in [0.05, 0.1) is 13.2 Å². The van der Waals surface area contributed by atoms with Crippen LogP contribution in [0.1, 0.15) is 50.0 Å². The van der Waals surface area contributed by atoms with Crippen LogP contribution in [0.4, 0.5) is 27.9 Å². The minimum Gasteiger partial charge on any atom is -0.473 e. The fourth-order valence-corrected chi connectivity index (χ4v) is 3.21. The lowest BCUT2D eigenvalue weighted by molar-refractivity contribution is -0.146. The summed E-state index contributed by atoms with van der Waals surface area (Å²) in [6.45, 7) is 3.53. The molecule has 0 aliphatic heterocycles. The summed E-state index contributed by atoms with van der Waals surface area (Å²) in [4.78, 5) is 71.7. The minimum absolute atomic E-state index is 0.0447. The number of rotatable bonds is 12. The Bertz CT molecular complexity index is 1290. The topological polar surface area (TPSA) is 243 Å². The number of ether oxygens (including phenoxy) is 3. The van der Waals surface area contributed by atoms with Gasteiger partial charge < -0.3 is 36.3 Å². The van der Waals surface area contributed by atoms with Gasteiger partial charge in [0.15, 0.2) is 11.5 Å². The van der Waals surface area contributed by atoms with E-state index in [1.54, 1.807) is 13.8 Å². The number of carbonyl (C=O) groups is 4. The average molecular weight is 547 g/mol. The number of aromatic nitrogens is 3. The van der Waals surface area contributed by atoms with Crippen LogP contribution in [0.15, 0.2) is 16.9 Å². The van der Waals surface area contributed by atoms with Gasteiger partial charge >= 0.3 is 18.0 Å². The van der Waals surface area contributed by atoms with Gasteiger partial charge in [0.25, 0.3) is 11.5 Å². The highest BCUT2D eigenvalue weighted by molar-refractivity contribution is 6.02. The second-order valence-corrected chi connectivity index (χ2v) is 8.28. The van der Waals surface area contributed by atoms with Crippen molar-refractivity contribution in [2.24, 2.45) is 0 Å². The molecular weight excluding hydrogens is 516 g/mol. The van der Waals surface area contributed by atoms with Gasteiger partial charge in [-0.1, -0.05) is 0 Å². The molecule has 1 atom stereocenters. The molecule has 16 nitrogen and oxygen atoms in total. The van der Waals surface area contributed by atoms with Crippen molar-refractivity contribution < 1.29 is 33.4 Å². The molecule has 210 valence electrons. The number of hydrogen-bond donors (Lipinski definition) is 6. The van der Waals surface area contributed by atoms with Crippen LogP contribution in [0.5, 0.6) is 5.88 Å². The Kier molecular flexibility index (Phi) is 9.61. The number of anilines is 4. The maximum absolute atomic E-state index is 12.9. The molecule has 1 saturated carbocycles. The Morgan fingerprint density at radius 1 is 1.08 bits per heavy atom. The summed E-state index contributed by atoms with van der Waals surface area (Å²) in [6, 6.07) is 0.674. The van der Waals surface area contributed by atoms with Gasteiger partial charge in [-0.15, -0.1) is 0 Å². The van der Waals surface area contributed by atoms with E-state index in [0.29, 0.717) is 0 Å². The Morgan fingerprint density at radius 3 is 2.44 bits per heavy atom. The van der Waals surface area contributed by atoms with Crippen molar-refractivity contribution >= 4 is 47.0 Å². The van der Waals surface area contributed by atoms with Crippen LogP contribution >= 0.6 is 0 Å². The Labute approximate surface area is 222 Å². The van der Waals surface area contributed by atoms with Gasteiger partial charge in [-0.3, -0.25) is 24.7 Å². The Hall–Kier alpha value is -4.89. The van der Waals surface area contributed by atoms with E-state index in [2.05, 4.69) is 30.9 Å². The Balaban J connectivity index is 1.75. The Morgan fingerprint density at radius 2 is 1.79 bits per heavy atom. The van der Waals surface area contributed by atoms with E-state index in [0.717, 1.165) is 12.8 Å². The quantitative estimate of drug-likeness (QED) is 0.200. The number of pyridine rings is 1. The molecule has 0 spiro atoms. The molecule has 0 bridgehead atoms. The maximum Gasteiger partial charge on any atom is 0.328 e. The van der Waals surface area contributed by atoms with E-state index >= 15 is 0 Å². The molecule has 16 heteroatoms. The SMILES string of the molecule is CCOC(=O)CC[C@H](NC(=O)c1ccc(NC(=O)Nc2c(N)nc(N)[nH]c2=O)c(OC2CC2)n1)C(=O)OCC. The third kappa shape index (κ3) is 8.31. The lowest BCUT2D eigenvalue weighted by Crippen LogP contribution is -2.42. The number of nitrogens with zero attached hydrogens (tertiary/aromatic N) is 2. The second kappa shape index (κ2) is 13.1. The molecule has 39 heavy (non-hydrogen) atoms. The fourth-order valence-electron chi connectivity index (χ4n) is 3.21. The van der Waals surface area contributed by atoms with Crippen LogP contribution in [0, 0.1) is 0 Å². The predicted molar refractivity (Wildman–Crippen MR) is 138 cm³/mol. The van der Waals surface area contributed by atoms with E-state index in [1.165, 1.54) is 12.1 Å². The van der Waals surface area contributed by atoms with Gasteiger partial charge in [0.1, 0.15) is 23.5 Å². The molecule has 8 N–H and O–H groups in total. The molecule has 2 aromatic rings. The molecule has 1 fully saturated rings. The van der Waals surface area contributed by atoms with Crippen LogP contribution < -0.4 is 37.7 Å². The third-order valence-corrected chi connectivity index (χ3v) is 5.17. The summed E-state index contributed by atoms with van der Waals surface area (Å²) in [6.07, 6.45) is 1.19. The maximum atomic E-state index is 12.9. The molecule has 2 aromatic heterocycles. The molecule has 3 amide bonds. The van der Waals surface area contributed by atoms with Crippen LogP contribution in [0.3, 0.4) is 0 Å². The first-order valence-electron chi connectivity index (χ1n) is 12.1. The van der Waals surface area contributed by atoms with Crippen LogP contribution in [-0.2, 0) is 19.1 Å². The number of nitrogens with two attached hydrogens (primary N) is 2. The van der Waals surface area contributed by atoms with E-state index in [1.807, 2.05) is 0 Å². The number of nitrogens with one attached hydrogen (secondary N) is 4. The van der Waals surface area contributed by atoms with Gasteiger partial charge in [0.2, 0.25) is 11.8 Å². The van der Waals surface area contributed by atoms with E-state index in [9.17, 15) is 24.0 Å². The first kappa shape index (κ1) is 28.7. The predicted octanol–water partition coefficient (Wildman–Crippen LogP) is 0.519. The highest BCUT2D eigenvalue weighted by Gasteiger charge is 2.28. The number of aromatic amines is 1. The zero-order valence-electron chi connectivity index (χ0n) is 21.4. The molecular formula is C23H30N8O8. The van der Waals surface area contributed by atoms with Gasteiger partial charge in [0, 0.05) is 6.42 Å². The number of H-pyrrole nitrogens is 1. The van der Waals surface area contributed by atoms with Crippen molar-refractivity contribution in [2.75, 3.05) is 35.3 Å². The number of amides is 3. The average Bonchev–Trinajstić information content (AvgIpc) is 3.69. The molecule has 0 aromatic carbocycles. The summed E-state index contributed by atoms with van der Waals surface area (Å²) in [7, 11) is 0.